The number of aromatic nitrogens is 2. The van der Waals surface area contributed by atoms with E-state index in [2.05, 4.69) is 28.0 Å². The van der Waals surface area contributed by atoms with E-state index in [-0.39, 0.29) is 12.6 Å². The number of carbonyl (C=O) groups excluding carboxylic acids is 1. The van der Waals surface area contributed by atoms with E-state index in [0.717, 1.165) is 5.56 Å². The summed E-state index contributed by atoms with van der Waals surface area (Å²) in [6.45, 7) is 1.51. The van der Waals surface area contributed by atoms with Crippen molar-refractivity contribution in [2.75, 3.05) is 13.6 Å². The number of rotatable bonds is 4. The van der Waals surface area contributed by atoms with Crippen LogP contribution in [0, 0.1) is 0 Å². The molecule has 1 atom stereocenters. The molecular formula is C23H25N3O2. The second kappa shape index (κ2) is 10.3. The normalized spacial score (nSPS) is 16.1. The number of benzene rings is 1. The van der Waals surface area contributed by atoms with Crippen LogP contribution < -0.4 is 0 Å². The van der Waals surface area contributed by atoms with Crippen LogP contribution in [0.25, 0.3) is 0 Å². The van der Waals surface area contributed by atoms with Crippen molar-refractivity contribution < 1.29 is 9.53 Å². The van der Waals surface area contributed by atoms with Gasteiger partial charge in [-0.2, -0.15) is 0 Å². The Bertz CT molecular complexity index is 841. The summed E-state index contributed by atoms with van der Waals surface area (Å²) in [5, 5.41) is 0. The summed E-state index contributed by atoms with van der Waals surface area (Å²) in [6, 6.07) is 17.7. The van der Waals surface area contributed by atoms with E-state index < -0.39 is 0 Å². The number of pyridine rings is 2. The Labute approximate surface area is 166 Å². The van der Waals surface area contributed by atoms with Crippen molar-refractivity contribution in [3.8, 4) is 0 Å². The molecule has 0 aliphatic carbocycles. The van der Waals surface area contributed by atoms with Crippen LogP contribution in [-0.4, -0.2) is 34.4 Å². The first kappa shape index (κ1) is 19.7. The average molecular weight is 375 g/mol. The minimum atomic E-state index is -0.350. The van der Waals surface area contributed by atoms with Crippen molar-refractivity contribution in [1.82, 2.24) is 14.9 Å². The Balaban J connectivity index is 0.000000167. The van der Waals surface area contributed by atoms with Crippen LogP contribution >= 0.6 is 0 Å². The van der Waals surface area contributed by atoms with Crippen LogP contribution in [0.5, 0.6) is 0 Å². The predicted octanol–water partition coefficient (Wildman–Crippen LogP) is 4.29. The molecule has 1 unspecified atom stereocenters. The quantitative estimate of drug-likeness (QED) is 0.637. The van der Waals surface area contributed by atoms with Crippen molar-refractivity contribution >= 4 is 5.97 Å². The molecule has 1 fully saturated rings. The van der Waals surface area contributed by atoms with Gasteiger partial charge in [0.25, 0.3) is 0 Å². The first-order valence-corrected chi connectivity index (χ1v) is 9.45. The summed E-state index contributed by atoms with van der Waals surface area (Å²) >= 11 is 0. The van der Waals surface area contributed by atoms with E-state index in [9.17, 15) is 4.79 Å². The van der Waals surface area contributed by atoms with Crippen molar-refractivity contribution in [2.24, 2.45) is 0 Å². The van der Waals surface area contributed by atoms with Gasteiger partial charge in [-0.1, -0.05) is 36.4 Å². The smallest absolute Gasteiger partial charge is 0.340 e. The van der Waals surface area contributed by atoms with Crippen molar-refractivity contribution in [1.29, 1.82) is 0 Å². The SMILES string of the molecule is CN1CCCC1c1cccnc1.O=C(OCc1ccccc1)c1cccnc1. The molecule has 0 bridgehead atoms. The number of ether oxygens (including phenoxy) is 1. The number of likely N-dealkylation sites (tertiary alicyclic amines) is 1. The summed E-state index contributed by atoms with van der Waals surface area (Å²) in [7, 11) is 2.19. The molecule has 0 N–H and O–H groups in total. The van der Waals surface area contributed by atoms with Crippen LogP contribution in [-0.2, 0) is 11.3 Å². The molecule has 5 heteroatoms. The highest BCUT2D eigenvalue weighted by atomic mass is 16.5. The lowest BCUT2D eigenvalue weighted by atomic mass is 10.1. The second-order valence-corrected chi connectivity index (χ2v) is 6.73. The third-order valence-corrected chi connectivity index (χ3v) is 4.70. The molecule has 1 aliphatic rings. The minimum absolute atomic E-state index is 0.286. The molecule has 0 saturated carbocycles. The number of hydrogen-bond donors (Lipinski definition) is 0. The van der Waals surface area contributed by atoms with Crippen LogP contribution in [0.1, 0.15) is 40.4 Å². The summed E-state index contributed by atoms with van der Waals surface area (Å²) in [5.41, 5.74) is 2.80. The van der Waals surface area contributed by atoms with E-state index in [1.807, 2.05) is 48.8 Å². The van der Waals surface area contributed by atoms with Crippen LogP contribution in [0.2, 0.25) is 0 Å². The zero-order valence-electron chi connectivity index (χ0n) is 16.1. The third kappa shape index (κ3) is 5.72. The van der Waals surface area contributed by atoms with Crippen molar-refractivity contribution in [2.45, 2.75) is 25.5 Å². The minimum Gasteiger partial charge on any atom is -0.457 e. The highest BCUT2D eigenvalue weighted by Crippen LogP contribution is 2.29. The highest BCUT2D eigenvalue weighted by Gasteiger charge is 2.21. The Hall–Kier alpha value is -3.05. The molecule has 28 heavy (non-hydrogen) atoms. The van der Waals surface area contributed by atoms with Gasteiger partial charge in [0, 0.05) is 30.8 Å². The summed E-state index contributed by atoms with van der Waals surface area (Å²) in [5.74, 6) is -0.350. The van der Waals surface area contributed by atoms with Gasteiger partial charge in [-0.05, 0) is 55.8 Å². The maximum Gasteiger partial charge on any atom is 0.340 e. The fraction of sp³-hybridized carbons (Fsp3) is 0.261. The van der Waals surface area contributed by atoms with Gasteiger partial charge in [-0.15, -0.1) is 0 Å². The van der Waals surface area contributed by atoms with Gasteiger partial charge < -0.3 is 4.74 Å². The van der Waals surface area contributed by atoms with Crippen LogP contribution in [0.3, 0.4) is 0 Å². The highest BCUT2D eigenvalue weighted by molar-refractivity contribution is 5.88. The molecular weight excluding hydrogens is 350 g/mol. The Morgan fingerprint density at radius 2 is 1.79 bits per heavy atom. The summed E-state index contributed by atoms with van der Waals surface area (Å²) in [6.07, 6.45) is 9.52. The molecule has 1 aliphatic heterocycles. The van der Waals surface area contributed by atoms with Gasteiger partial charge in [0.15, 0.2) is 0 Å². The summed E-state index contributed by atoms with van der Waals surface area (Å²) < 4.78 is 5.14. The predicted molar refractivity (Wildman–Crippen MR) is 109 cm³/mol. The molecule has 5 nitrogen and oxygen atoms in total. The maximum absolute atomic E-state index is 11.6. The fourth-order valence-electron chi connectivity index (χ4n) is 3.19. The summed E-state index contributed by atoms with van der Waals surface area (Å²) in [4.78, 5) is 22.0. The number of carbonyl (C=O) groups is 1. The molecule has 144 valence electrons. The van der Waals surface area contributed by atoms with Gasteiger partial charge in [0.1, 0.15) is 6.61 Å². The Kier molecular flexibility index (Phi) is 7.27. The molecule has 2 aromatic heterocycles. The first-order chi connectivity index (χ1) is 13.7. The van der Waals surface area contributed by atoms with Gasteiger partial charge in [-0.3, -0.25) is 14.9 Å². The molecule has 0 amide bonds. The molecule has 0 spiro atoms. The molecule has 3 heterocycles. The lowest BCUT2D eigenvalue weighted by Crippen LogP contribution is -2.17. The van der Waals surface area contributed by atoms with E-state index in [1.54, 1.807) is 18.3 Å². The molecule has 0 radical (unpaired) electrons. The number of hydrogen-bond acceptors (Lipinski definition) is 5. The number of esters is 1. The van der Waals surface area contributed by atoms with Gasteiger partial charge >= 0.3 is 5.97 Å². The van der Waals surface area contributed by atoms with Gasteiger partial charge in [0.05, 0.1) is 5.56 Å². The standard InChI is InChI=1S/C13H11NO2.C10H14N2/c15-13(12-7-4-8-14-9-12)16-10-11-5-2-1-3-6-11;1-12-7-3-5-10(12)9-4-2-6-11-8-9/h1-9H,10H2;2,4,6,8,10H,3,5,7H2,1H3. The zero-order valence-corrected chi connectivity index (χ0v) is 16.1. The average Bonchev–Trinajstić information content (AvgIpc) is 3.20. The van der Waals surface area contributed by atoms with Gasteiger partial charge in [0.2, 0.25) is 0 Å². The second-order valence-electron chi connectivity index (χ2n) is 6.73. The maximum atomic E-state index is 11.6. The van der Waals surface area contributed by atoms with E-state index >= 15 is 0 Å². The van der Waals surface area contributed by atoms with Gasteiger partial charge in [-0.25, -0.2) is 4.79 Å². The van der Waals surface area contributed by atoms with Crippen molar-refractivity contribution in [3.63, 3.8) is 0 Å². The van der Waals surface area contributed by atoms with Crippen LogP contribution in [0.15, 0.2) is 79.4 Å². The molecule has 1 saturated heterocycles. The fourth-order valence-corrected chi connectivity index (χ4v) is 3.19. The lowest BCUT2D eigenvalue weighted by molar-refractivity contribution is 0.0472. The Morgan fingerprint density at radius 3 is 2.39 bits per heavy atom. The molecule has 1 aromatic carbocycles. The molecule has 3 aromatic rings. The Morgan fingerprint density at radius 1 is 1.04 bits per heavy atom. The topological polar surface area (TPSA) is 55.3 Å². The molecule has 4 rings (SSSR count). The first-order valence-electron chi connectivity index (χ1n) is 9.45. The lowest BCUT2D eigenvalue weighted by Gasteiger charge is -2.18. The van der Waals surface area contributed by atoms with E-state index in [0.29, 0.717) is 11.6 Å². The van der Waals surface area contributed by atoms with E-state index in [4.69, 9.17) is 4.74 Å². The van der Waals surface area contributed by atoms with E-state index in [1.165, 1.54) is 31.1 Å². The largest absolute Gasteiger partial charge is 0.457 e. The third-order valence-electron chi connectivity index (χ3n) is 4.70. The van der Waals surface area contributed by atoms with Crippen LogP contribution in [0.4, 0.5) is 0 Å². The van der Waals surface area contributed by atoms with Crippen molar-refractivity contribution in [3.05, 3.63) is 96.1 Å². The number of nitrogens with zero attached hydrogens (tertiary/aromatic N) is 3. The monoisotopic (exact) mass is 375 g/mol. The zero-order chi connectivity index (χ0) is 19.6.